The van der Waals surface area contributed by atoms with Gasteiger partial charge in [0.05, 0.1) is 5.56 Å². The summed E-state index contributed by atoms with van der Waals surface area (Å²) < 4.78 is 2.29. The molecule has 0 amide bonds. The smallest absolute Gasteiger partial charge is 0.335 e. The van der Waals surface area contributed by atoms with Crippen LogP contribution < -0.4 is 9.67 Å². The highest BCUT2D eigenvalue weighted by atomic mass is 16.4. The van der Waals surface area contributed by atoms with Crippen LogP contribution in [0.4, 0.5) is 0 Å². The third-order valence-electron chi connectivity index (χ3n) is 8.59. The van der Waals surface area contributed by atoms with Gasteiger partial charge in [-0.25, -0.2) is 9.36 Å². The standard InChI is InChI=1S/C21H38N.C19H28O4.H2O/c1-2-3-4-5-6-7-8-9-10-11-12-13-14-16-19-22-20-17-15-18-21-22;1-2-3-4-5-6-7-8-9-10-11-17(20)15-12-13-18(21)16(14-15)19(22)23;/h15,17-18,20-21H,2-14,16,19H2,1H3;12-14,21H,2-11H2,1H3,(H,22,23);1H2/q+1;;/p-1. The summed E-state index contributed by atoms with van der Waals surface area (Å²) in [6.07, 6.45) is 35.5. The predicted octanol–water partition coefficient (Wildman–Crippen LogP) is 10.2. The lowest BCUT2D eigenvalue weighted by Gasteiger charge is -2.11. The largest absolute Gasteiger partial charge is 0.872 e. The number of aromatic nitrogens is 1. The second-order valence-corrected chi connectivity index (χ2v) is 12.7. The molecule has 0 aliphatic carbocycles. The quantitative estimate of drug-likeness (QED) is 0.0594. The lowest BCUT2D eigenvalue weighted by molar-refractivity contribution is -0.697. The number of carbonyl (C=O) groups is 2. The van der Waals surface area contributed by atoms with Gasteiger partial charge < -0.3 is 15.7 Å². The van der Waals surface area contributed by atoms with Crippen molar-refractivity contribution in [2.45, 2.75) is 174 Å². The van der Waals surface area contributed by atoms with Crippen molar-refractivity contribution in [1.29, 1.82) is 0 Å². The van der Waals surface area contributed by atoms with E-state index in [1.54, 1.807) is 0 Å². The molecular weight excluding hydrogens is 574 g/mol. The van der Waals surface area contributed by atoms with Crippen molar-refractivity contribution in [2.24, 2.45) is 0 Å². The number of Topliss-reactive ketones (excluding diaryl/α,β-unsaturated/α-hetero) is 1. The zero-order valence-electron chi connectivity index (χ0n) is 29.4. The first-order valence-corrected chi connectivity index (χ1v) is 18.5. The maximum absolute atomic E-state index is 12.0. The third-order valence-corrected chi connectivity index (χ3v) is 8.59. The summed E-state index contributed by atoms with van der Waals surface area (Å²) in [4.78, 5) is 23.0. The van der Waals surface area contributed by atoms with Crippen LogP contribution in [-0.4, -0.2) is 22.3 Å². The molecule has 0 radical (unpaired) electrons. The summed E-state index contributed by atoms with van der Waals surface area (Å²) in [7, 11) is 0. The number of nitrogens with zero attached hydrogens (tertiary/aromatic N) is 1. The normalized spacial score (nSPS) is 10.6. The molecule has 0 atom stereocenters. The van der Waals surface area contributed by atoms with E-state index in [0.29, 0.717) is 12.0 Å². The van der Waals surface area contributed by atoms with E-state index in [2.05, 4.69) is 49.0 Å². The fraction of sp³-hybridized carbons (Fsp3) is 0.675. The van der Waals surface area contributed by atoms with Crippen LogP contribution in [0.25, 0.3) is 0 Å². The molecule has 2 rings (SSSR count). The second-order valence-electron chi connectivity index (χ2n) is 12.7. The maximum Gasteiger partial charge on any atom is 0.335 e. The van der Waals surface area contributed by atoms with Gasteiger partial charge in [0.25, 0.3) is 0 Å². The van der Waals surface area contributed by atoms with E-state index in [1.807, 2.05) is 0 Å². The molecule has 2 aromatic rings. The molecular formula is C40H67NO5. The summed E-state index contributed by atoms with van der Waals surface area (Å²) in [6.45, 7) is 5.68. The second kappa shape index (κ2) is 30.9. The first-order chi connectivity index (χ1) is 22.0. The van der Waals surface area contributed by atoms with E-state index in [4.69, 9.17) is 5.11 Å². The average molecular weight is 642 g/mol. The van der Waals surface area contributed by atoms with Crippen molar-refractivity contribution in [1.82, 2.24) is 0 Å². The molecule has 0 aliphatic rings. The Balaban J connectivity index is 0.000000862. The topological polar surface area (TPSA) is 113 Å². The molecule has 46 heavy (non-hydrogen) atoms. The molecule has 0 saturated carbocycles. The minimum Gasteiger partial charge on any atom is -0.872 e. The Bertz CT molecular complexity index is 994. The molecule has 6 nitrogen and oxygen atoms in total. The number of rotatable bonds is 27. The Morgan fingerprint density at radius 2 is 1.02 bits per heavy atom. The minimum atomic E-state index is -1.28. The highest BCUT2D eigenvalue weighted by molar-refractivity contribution is 5.99. The molecule has 0 bridgehead atoms. The van der Waals surface area contributed by atoms with Gasteiger partial charge in [-0.3, -0.25) is 4.79 Å². The average Bonchev–Trinajstić information content (AvgIpc) is 3.05. The van der Waals surface area contributed by atoms with Crippen molar-refractivity contribution in [3.05, 3.63) is 59.9 Å². The SMILES string of the molecule is CCCCCCCCCCCC(=O)c1ccc([O-])c(C(=O)O)c1.CCCCCCCCCCCCCCCC[n+]1ccccc1.O. The van der Waals surface area contributed by atoms with Crippen LogP contribution in [0.3, 0.4) is 0 Å². The summed E-state index contributed by atoms with van der Waals surface area (Å²) >= 11 is 0. The fourth-order valence-electron chi connectivity index (χ4n) is 5.68. The first-order valence-electron chi connectivity index (χ1n) is 18.5. The van der Waals surface area contributed by atoms with Crippen molar-refractivity contribution >= 4 is 11.8 Å². The van der Waals surface area contributed by atoms with Gasteiger partial charge in [0, 0.05) is 30.5 Å². The number of aromatic carboxylic acids is 1. The number of carboxylic acids is 1. The predicted molar refractivity (Wildman–Crippen MR) is 190 cm³/mol. The lowest BCUT2D eigenvalue weighted by atomic mass is 10.0. The fourth-order valence-corrected chi connectivity index (χ4v) is 5.68. The van der Waals surface area contributed by atoms with Crippen LogP contribution in [0.15, 0.2) is 48.8 Å². The number of pyridine rings is 1. The zero-order valence-corrected chi connectivity index (χ0v) is 29.4. The molecule has 1 aromatic heterocycles. The van der Waals surface area contributed by atoms with E-state index in [-0.39, 0.29) is 16.8 Å². The van der Waals surface area contributed by atoms with Crippen LogP contribution in [0, 0.1) is 0 Å². The minimum absolute atomic E-state index is 0. The van der Waals surface area contributed by atoms with Gasteiger partial charge in [-0.05, 0) is 18.9 Å². The van der Waals surface area contributed by atoms with Crippen molar-refractivity contribution in [3.63, 3.8) is 0 Å². The molecule has 0 fully saturated rings. The van der Waals surface area contributed by atoms with Crippen molar-refractivity contribution < 1.29 is 29.8 Å². The van der Waals surface area contributed by atoms with Gasteiger partial charge in [0.2, 0.25) is 0 Å². The van der Waals surface area contributed by atoms with Crippen LogP contribution in [0.5, 0.6) is 5.75 Å². The van der Waals surface area contributed by atoms with Crippen molar-refractivity contribution in [2.75, 3.05) is 0 Å². The third kappa shape index (κ3) is 23.6. The van der Waals surface area contributed by atoms with Gasteiger partial charge in [-0.2, -0.15) is 0 Å². The molecule has 1 aromatic carbocycles. The van der Waals surface area contributed by atoms with E-state index in [9.17, 15) is 14.7 Å². The van der Waals surface area contributed by atoms with Gasteiger partial charge in [0.15, 0.2) is 18.2 Å². The molecule has 6 heteroatoms. The Kier molecular flexibility index (Phi) is 29.1. The number of hydrogen-bond acceptors (Lipinski definition) is 3. The number of carbonyl (C=O) groups excluding carboxylic acids is 1. The van der Waals surface area contributed by atoms with E-state index in [0.717, 1.165) is 25.3 Å². The van der Waals surface area contributed by atoms with Crippen LogP contribution in [0.1, 0.15) is 189 Å². The lowest BCUT2D eigenvalue weighted by Crippen LogP contribution is -2.32. The van der Waals surface area contributed by atoms with Crippen LogP contribution in [0.2, 0.25) is 0 Å². The molecule has 0 unspecified atom stereocenters. The monoisotopic (exact) mass is 642 g/mol. The van der Waals surface area contributed by atoms with Crippen molar-refractivity contribution in [3.8, 4) is 5.75 Å². The Hall–Kier alpha value is -2.73. The number of aryl methyl sites for hydroxylation is 1. The highest BCUT2D eigenvalue weighted by Crippen LogP contribution is 2.18. The molecule has 0 aliphatic heterocycles. The summed E-state index contributed by atoms with van der Waals surface area (Å²) in [6, 6.07) is 10.1. The number of hydrogen-bond donors (Lipinski definition) is 1. The summed E-state index contributed by atoms with van der Waals surface area (Å²) in [5.74, 6) is -1.93. The Morgan fingerprint density at radius 3 is 1.46 bits per heavy atom. The van der Waals surface area contributed by atoms with Gasteiger partial charge in [0.1, 0.15) is 6.54 Å². The molecule has 3 N–H and O–H groups in total. The number of ketones is 1. The highest BCUT2D eigenvalue weighted by Gasteiger charge is 2.10. The van der Waals surface area contributed by atoms with Crippen LogP contribution >= 0.6 is 0 Å². The van der Waals surface area contributed by atoms with Gasteiger partial charge in [-0.15, -0.1) is 0 Å². The van der Waals surface area contributed by atoms with E-state index < -0.39 is 11.7 Å². The summed E-state index contributed by atoms with van der Waals surface area (Å²) in [5, 5.41) is 20.3. The molecule has 0 saturated heterocycles. The molecule has 0 spiro atoms. The van der Waals surface area contributed by atoms with E-state index >= 15 is 0 Å². The summed E-state index contributed by atoms with van der Waals surface area (Å²) in [5.41, 5.74) is -0.00973. The van der Waals surface area contributed by atoms with Crippen LogP contribution in [-0.2, 0) is 6.54 Å². The maximum atomic E-state index is 12.0. The first kappa shape index (κ1) is 43.3. The molecule has 1 heterocycles. The number of benzene rings is 1. The van der Waals surface area contributed by atoms with Gasteiger partial charge >= 0.3 is 5.97 Å². The Labute approximate surface area is 281 Å². The number of carboxylic acid groups (broad SMARTS) is 1. The van der Waals surface area contributed by atoms with Gasteiger partial charge in [-0.1, -0.05) is 166 Å². The number of unbranched alkanes of at least 4 members (excludes halogenated alkanes) is 21. The Morgan fingerprint density at radius 1 is 0.609 bits per heavy atom. The zero-order chi connectivity index (χ0) is 32.8. The van der Waals surface area contributed by atoms with E-state index in [1.165, 1.54) is 147 Å². The molecule has 262 valence electrons.